The first-order valence-corrected chi connectivity index (χ1v) is 11.3. The van der Waals surface area contributed by atoms with Crippen molar-refractivity contribution < 1.29 is 19.4 Å². The van der Waals surface area contributed by atoms with Crippen molar-refractivity contribution in [3.8, 4) is 11.1 Å². The third-order valence-corrected chi connectivity index (χ3v) is 6.04. The number of aliphatic carboxylic acids is 1. The second kappa shape index (κ2) is 9.48. The van der Waals surface area contributed by atoms with Crippen molar-refractivity contribution >= 4 is 12.1 Å². The van der Waals surface area contributed by atoms with Crippen molar-refractivity contribution in [2.45, 2.75) is 51.7 Å². The number of hydrogen-bond acceptors (Lipinski definition) is 4. The molecule has 0 aliphatic heterocycles. The lowest BCUT2D eigenvalue weighted by Gasteiger charge is -2.31. The molecular formula is C26H29N3O4. The van der Waals surface area contributed by atoms with Crippen LogP contribution in [0.4, 0.5) is 4.79 Å². The lowest BCUT2D eigenvalue weighted by Crippen LogP contribution is -2.44. The van der Waals surface area contributed by atoms with E-state index < -0.39 is 18.1 Å². The van der Waals surface area contributed by atoms with E-state index >= 15 is 0 Å². The van der Waals surface area contributed by atoms with E-state index in [4.69, 9.17) is 4.74 Å². The number of ether oxygens (including phenoxy) is 1. The van der Waals surface area contributed by atoms with Crippen molar-refractivity contribution in [3.63, 3.8) is 0 Å². The van der Waals surface area contributed by atoms with Gasteiger partial charge in [-0.3, -0.25) is 9.58 Å². The Morgan fingerprint density at radius 2 is 1.70 bits per heavy atom. The van der Waals surface area contributed by atoms with Crippen LogP contribution in [-0.2, 0) is 16.1 Å². The summed E-state index contributed by atoms with van der Waals surface area (Å²) in [4.78, 5) is 26.7. The molecule has 0 saturated heterocycles. The summed E-state index contributed by atoms with van der Waals surface area (Å²) in [5.41, 5.74) is 4.96. The van der Waals surface area contributed by atoms with E-state index in [0.717, 1.165) is 28.7 Å². The summed E-state index contributed by atoms with van der Waals surface area (Å²) in [7, 11) is 0. The molecule has 1 N–H and O–H groups in total. The average molecular weight is 448 g/mol. The highest BCUT2D eigenvalue weighted by Crippen LogP contribution is 2.44. The third-order valence-electron chi connectivity index (χ3n) is 6.04. The van der Waals surface area contributed by atoms with Gasteiger partial charge in [0.05, 0.1) is 6.20 Å². The number of rotatable bonds is 8. The standard InChI is InChI=1S/C26H29N3O4/c1-4-13-28-15-18(14-27-28)24(25(30)31)29(17(2)3)26(32)33-16-23-21-11-7-5-9-19(21)20-10-6-8-12-22(20)23/h5-12,14-15,17,23-24H,4,13,16H2,1-3H3,(H,30,31). The molecule has 0 saturated carbocycles. The lowest BCUT2D eigenvalue weighted by molar-refractivity contribution is -0.143. The van der Waals surface area contributed by atoms with Gasteiger partial charge in [-0.25, -0.2) is 9.59 Å². The molecular weight excluding hydrogens is 418 g/mol. The van der Waals surface area contributed by atoms with Gasteiger partial charge < -0.3 is 9.84 Å². The van der Waals surface area contributed by atoms with Gasteiger partial charge in [-0.05, 0) is 42.5 Å². The van der Waals surface area contributed by atoms with Crippen molar-refractivity contribution in [1.82, 2.24) is 14.7 Å². The maximum Gasteiger partial charge on any atom is 0.411 e. The Morgan fingerprint density at radius 3 is 2.24 bits per heavy atom. The van der Waals surface area contributed by atoms with Crippen LogP contribution in [0.1, 0.15) is 55.8 Å². The van der Waals surface area contributed by atoms with E-state index in [0.29, 0.717) is 12.1 Å². The van der Waals surface area contributed by atoms with Crippen LogP contribution in [0.2, 0.25) is 0 Å². The molecule has 1 unspecified atom stereocenters. The molecule has 172 valence electrons. The minimum atomic E-state index is -1.17. The Bertz CT molecular complexity index is 1110. The number of aromatic nitrogens is 2. The molecule has 33 heavy (non-hydrogen) atoms. The minimum absolute atomic E-state index is 0.0917. The molecule has 1 aromatic heterocycles. The first-order chi connectivity index (χ1) is 15.9. The highest BCUT2D eigenvalue weighted by molar-refractivity contribution is 5.82. The van der Waals surface area contributed by atoms with Gasteiger partial charge in [0.25, 0.3) is 0 Å². The summed E-state index contributed by atoms with van der Waals surface area (Å²) in [6, 6.07) is 14.7. The van der Waals surface area contributed by atoms with Crippen LogP contribution in [-0.4, -0.2) is 44.5 Å². The van der Waals surface area contributed by atoms with E-state index in [-0.39, 0.29) is 18.6 Å². The third kappa shape index (κ3) is 4.35. The van der Waals surface area contributed by atoms with Crippen molar-refractivity contribution in [2.75, 3.05) is 6.61 Å². The number of carbonyl (C=O) groups excluding carboxylic acids is 1. The quantitative estimate of drug-likeness (QED) is 0.521. The summed E-state index contributed by atoms with van der Waals surface area (Å²) in [6.45, 7) is 6.41. The molecule has 0 bridgehead atoms. The van der Waals surface area contributed by atoms with E-state index in [2.05, 4.69) is 29.4 Å². The Balaban J connectivity index is 1.57. The van der Waals surface area contributed by atoms with E-state index in [1.807, 2.05) is 31.2 Å². The molecule has 4 rings (SSSR count). The molecule has 0 spiro atoms. The first-order valence-electron chi connectivity index (χ1n) is 11.3. The fourth-order valence-electron chi connectivity index (χ4n) is 4.58. The number of hydrogen-bond donors (Lipinski definition) is 1. The molecule has 1 heterocycles. The number of nitrogens with zero attached hydrogens (tertiary/aromatic N) is 3. The summed E-state index contributed by atoms with van der Waals surface area (Å²) in [5.74, 6) is -1.21. The van der Waals surface area contributed by atoms with Crippen LogP contribution >= 0.6 is 0 Å². The summed E-state index contributed by atoms with van der Waals surface area (Å²) < 4.78 is 7.46. The summed E-state index contributed by atoms with van der Waals surface area (Å²) >= 11 is 0. The highest BCUT2D eigenvalue weighted by atomic mass is 16.6. The SMILES string of the molecule is CCCn1cc(C(C(=O)O)N(C(=O)OCC2c3ccccc3-c3ccccc32)C(C)C)cn1. The Morgan fingerprint density at radius 1 is 1.09 bits per heavy atom. The van der Waals surface area contributed by atoms with Crippen LogP contribution in [0.5, 0.6) is 0 Å². The Hall–Kier alpha value is -3.61. The monoisotopic (exact) mass is 447 g/mol. The van der Waals surface area contributed by atoms with Gasteiger partial charge in [0.15, 0.2) is 6.04 Å². The van der Waals surface area contributed by atoms with Crippen LogP contribution in [0.3, 0.4) is 0 Å². The summed E-state index contributed by atoms with van der Waals surface area (Å²) in [6.07, 6.45) is 3.43. The second-order valence-corrected chi connectivity index (χ2v) is 8.58. The minimum Gasteiger partial charge on any atom is -0.479 e. The van der Waals surface area contributed by atoms with Gasteiger partial charge in [0, 0.05) is 30.3 Å². The van der Waals surface area contributed by atoms with Gasteiger partial charge in [-0.15, -0.1) is 0 Å². The number of carboxylic acids is 1. The highest BCUT2D eigenvalue weighted by Gasteiger charge is 2.36. The number of carbonyl (C=O) groups is 2. The fraction of sp³-hybridized carbons (Fsp3) is 0.346. The summed E-state index contributed by atoms with van der Waals surface area (Å²) in [5, 5.41) is 14.2. The van der Waals surface area contributed by atoms with Gasteiger partial charge in [0.1, 0.15) is 6.61 Å². The van der Waals surface area contributed by atoms with Crippen LogP contribution in [0, 0.1) is 0 Å². The topological polar surface area (TPSA) is 84.7 Å². The molecule has 3 aromatic rings. The number of aryl methyl sites for hydroxylation is 1. The zero-order valence-electron chi connectivity index (χ0n) is 19.1. The van der Waals surface area contributed by atoms with E-state index in [1.165, 1.54) is 11.1 Å². The first kappa shape index (κ1) is 22.6. The predicted molar refractivity (Wildman–Crippen MR) is 125 cm³/mol. The van der Waals surface area contributed by atoms with Crippen LogP contribution < -0.4 is 0 Å². The molecule has 7 heteroatoms. The molecule has 1 amide bonds. The van der Waals surface area contributed by atoms with Crippen molar-refractivity contribution in [3.05, 3.63) is 77.6 Å². The normalized spacial score (nSPS) is 13.5. The number of carboxylic acid groups (broad SMARTS) is 1. The molecule has 0 radical (unpaired) electrons. The van der Waals surface area contributed by atoms with Gasteiger partial charge in [-0.2, -0.15) is 5.10 Å². The van der Waals surface area contributed by atoms with Crippen molar-refractivity contribution in [1.29, 1.82) is 0 Å². The van der Waals surface area contributed by atoms with Gasteiger partial charge in [0.2, 0.25) is 0 Å². The lowest BCUT2D eigenvalue weighted by atomic mass is 9.98. The zero-order chi connectivity index (χ0) is 23.5. The molecule has 0 fully saturated rings. The zero-order valence-corrected chi connectivity index (χ0v) is 19.1. The second-order valence-electron chi connectivity index (χ2n) is 8.58. The number of amides is 1. The Labute approximate surface area is 193 Å². The Kier molecular flexibility index (Phi) is 6.49. The maximum absolute atomic E-state index is 13.2. The number of fused-ring (bicyclic) bond motifs is 3. The molecule has 2 aromatic carbocycles. The van der Waals surface area contributed by atoms with Gasteiger partial charge in [-0.1, -0.05) is 55.5 Å². The predicted octanol–water partition coefficient (Wildman–Crippen LogP) is 5.08. The molecule has 1 aliphatic carbocycles. The molecule has 1 aliphatic rings. The smallest absolute Gasteiger partial charge is 0.411 e. The van der Waals surface area contributed by atoms with E-state index in [1.54, 1.807) is 24.7 Å². The van der Waals surface area contributed by atoms with Gasteiger partial charge >= 0.3 is 12.1 Å². The molecule has 1 atom stereocenters. The van der Waals surface area contributed by atoms with E-state index in [9.17, 15) is 14.7 Å². The maximum atomic E-state index is 13.2. The van der Waals surface area contributed by atoms with Crippen molar-refractivity contribution in [2.24, 2.45) is 0 Å². The largest absolute Gasteiger partial charge is 0.479 e. The van der Waals surface area contributed by atoms with Crippen LogP contribution in [0.25, 0.3) is 11.1 Å². The number of benzene rings is 2. The average Bonchev–Trinajstić information content (AvgIpc) is 3.38. The van der Waals surface area contributed by atoms with Crippen LogP contribution in [0.15, 0.2) is 60.9 Å². The molecule has 7 nitrogen and oxygen atoms in total. The fourth-order valence-corrected chi connectivity index (χ4v) is 4.58.